The number of nitrogens with zero attached hydrogens (tertiary/aromatic N) is 10. The minimum absolute atomic E-state index is 0.197. The van der Waals surface area contributed by atoms with Gasteiger partial charge in [0.05, 0.1) is 42.1 Å². The van der Waals surface area contributed by atoms with E-state index >= 15 is 0 Å². The number of esters is 1. The number of carbonyl (C=O) groups excluding carboxylic acids is 2. The summed E-state index contributed by atoms with van der Waals surface area (Å²) >= 11 is 0. The summed E-state index contributed by atoms with van der Waals surface area (Å²) in [7, 11) is 0. The predicted molar refractivity (Wildman–Crippen MR) is 246 cm³/mol. The van der Waals surface area contributed by atoms with Crippen molar-refractivity contribution in [1.82, 2.24) is 41.2 Å². The van der Waals surface area contributed by atoms with Crippen LogP contribution < -0.4 is 5.73 Å². The normalized spacial score (nSPS) is 29.9. The fourth-order valence-corrected chi connectivity index (χ4v) is 10.7. The molecule has 2 aromatic rings. The van der Waals surface area contributed by atoms with Gasteiger partial charge in [0.1, 0.15) is 17.4 Å². The highest BCUT2D eigenvalue weighted by Crippen LogP contribution is 2.48. The molecule has 5 aliphatic rings. The zero-order valence-electron chi connectivity index (χ0n) is 41.2. The summed E-state index contributed by atoms with van der Waals surface area (Å²) in [5.74, 6) is 7.73. The number of hydrogen-bond donors (Lipinski definition) is 3. The molecule has 0 amide bonds. The molecule has 16 nitrogen and oxygen atoms in total. The highest BCUT2D eigenvalue weighted by molar-refractivity contribution is 5.93. The van der Waals surface area contributed by atoms with E-state index in [1.165, 1.54) is 12.8 Å². The van der Waals surface area contributed by atoms with Crippen LogP contribution in [0.1, 0.15) is 158 Å². The number of ether oxygens (including phenoxy) is 1. The molecule has 0 unspecified atom stereocenters. The number of H-pyrrole nitrogens is 2. The van der Waals surface area contributed by atoms with Gasteiger partial charge in [-0.25, -0.2) is 4.79 Å². The number of nitrogens with two attached hydrogens (primary N) is 1. The van der Waals surface area contributed by atoms with Crippen LogP contribution in [0.5, 0.6) is 0 Å². The molecular weight excluding hydrogens is 819 g/mol. The standard InChI is InChI=1S/C12H17NO2.C10H19N5.C10H15N5.C10H14N2.C7H12O/c1-4-15-12(14)11(7-13)10-5-8(2)9(3)6-10;2*1-7-3-10(6-11,4-8(7)2)5-9-12-14-15-13-9;1-8-5-10(7-12,3-4-11)6-9(8)2;1-5-3-7(8)4-6(5)2/h8-9H,4-6H2,1-3H3;7-8H,3-6,11H2,1-2H3,(H,12,13,14,15);7-8H,3-5H2,1-2H3,(H,12,13,14,15);8-9H,3,5-6H2,1-2H3;5-6H,3-4H2,1-2H3/t8-,9-;2*7-,8-;8-,9-;5-,6-/m11111/s1. The SMILES string of the molecule is CCOC(=O)C(C#N)=C1C[C@@H](C)[C@H](C)C1.C[C@@H]1CC(=O)C[C@H]1C.C[C@@H]1CC(C#N)(CC#N)C[C@H]1C.C[C@@H]1CC(C#N)(Cc2nn[nH]n2)C[C@H]1C.C[C@@H]1CC(CN)(Cc2nn[nH]n2)C[C@H]1C. The zero-order chi connectivity index (χ0) is 48.5. The second kappa shape index (κ2) is 25.0. The molecular formula is C49H77N13O3. The smallest absolute Gasteiger partial charge is 0.348 e. The van der Waals surface area contributed by atoms with Crippen molar-refractivity contribution in [3.63, 3.8) is 0 Å². The van der Waals surface area contributed by atoms with Crippen LogP contribution in [-0.4, -0.2) is 66.2 Å². The molecule has 65 heavy (non-hydrogen) atoms. The first kappa shape index (κ1) is 54.3. The molecule has 7 rings (SSSR count). The van der Waals surface area contributed by atoms with Gasteiger partial charge in [0.15, 0.2) is 11.6 Å². The number of Topliss-reactive ketones (excluding diaryl/α,β-unsaturated/α-hetero) is 1. The Morgan fingerprint density at radius 2 is 1.06 bits per heavy atom. The molecule has 2 heterocycles. The number of rotatable bonds is 8. The van der Waals surface area contributed by atoms with Crippen molar-refractivity contribution in [2.45, 2.75) is 160 Å². The number of nitrogens with one attached hydrogen (secondary N) is 2. The number of tetrazole rings is 2. The van der Waals surface area contributed by atoms with Gasteiger partial charge in [-0.2, -0.15) is 31.5 Å². The Hall–Kier alpha value is -5.06. The Morgan fingerprint density at radius 1 is 0.646 bits per heavy atom. The van der Waals surface area contributed by atoms with Crippen molar-refractivity contribution in [3.8, 4) is 24.3 Å². The Balaban J connectivity index is 0.000000219. The van der Waals surface area contributed by atoms with E-state index in [1.54, 1.807) is 6.92 Å². The number of nitriles is 4. The Kier molecular flexibility index (Phi) is 20.9. The highest BCUT2D eigenvalue weighted by Gasteiger charge is 2.44. The fourth-order valence-electron chi connectivity index (χ4n) is 10.7. The monoisotopic (exact) mass is 896 g/mol. The summed E-state index contributed by atoms with van der Waals surface area (Å²) in [5.41, 5.74) is 6.72. The molecule has 0 radical (unpaired) electrons. The van der Waals surface area contributed by atoms with Gasteiger partial charge in [0.25, 0.3) is 0 Å². The molecule has 0 bridgehead atoms. The number of hydrogen-bond acceptors (Lipinski definition) is 14. The minimum atomic E-state index is -0.462. The van der Waals surface area contributed by atoms with Crippen LogP contribution in [0.4, 0.5) is 0 Å². The van der Waals surface area contributed by atoms with E-state index in [0.29, 0.717) is 78.4 Å². The molecule has 16 heteroatoms. The molecule has 5 saturated carbocycles. The van der Waals surface area contributed by atoms with Crippen molar-refractivity contribution in [2.75, 3.05) is 13.2 Å². The quantitative estimate of drug-likeness (QED) is 0.127. The van der Waals surface area contributed by atoms with Gasteiger partial charge in [-0.05, 0) is 135 Å². The Morgan fingerprint density at radius 3 is 1.40 bits per heavy atom. The van der Waals surface area contributed by atoms with Crippen molar-refractivity contribution in [3.05, 3.63) is 22.8 Å². The maximum absolute atomic E-state index is 11.5. The molecule has 2 aromatic heterocycles. The first-order valence-corrected chi connectivity index (χ1v) is 23.9. The lowest BCUT2D eigenvalue weighted by Gasteiger charge is -2.25. The molecule has 0 saturated heterocycles. The van der Waals surface area contributed by atoms with Crippen molar-refractivity contribution in [2.24, 2.45) is 81.2 Å². The Bertz CT molecular complexity index is 1950. The minimum Gasteiger partial charge on any atom is -0.462 e. The molecule has 5 fully saturated rings. The molecule has 356 valence electrons. The van der Waals surface area contributed by atoms with Crippen LogP contribution in [0.25, 0.3) is 0 Å². The molecule has 4 N–H and O–H groups in total. The molecule has 10 atom stereocenters. The number of aromatic amines is 2. The van der Waals surface area contributed by atoms with E-state index in [4.69, 9.17) is 26.3 Å². The zero-order valence-corrected chi connectivity index (χ0v) is 41.2. The van der Waals surface area contributed by atoms with E-state index in [1.807, 2.05) is 6.07 Å². The van der Waals surface area contributed by atoms with Gasteiger partial charge in [0.2, 0.25) is 0 Å². The second-order valence-electron chi connectivity index (χ2n) is 21.0. The summed E-state index contributed by atoms with van der Waals surface area (Å²) in [6.07, 6.45) is 11.3. The van der Waals surface area contributed by atoms with Crippen LogP contribution in [-0.2, 0) is 27.2 Å². The van der Waals surface area contributed by atoms with E-state index in [0.717, 1.165) is 87.6 Å². The lowest BCUT2D eigenvalue weighted by Crippen LogP contribution is -2.31. The fraction of sp³-hybridized carbons (Fsp3) is 0.796. The average Bonchev–Trinajstić information content (AvgIpc) is 4.15. The summed E-state index contributed by atoms with van der Waals surface area (Å²) < 4.78 is 4.86. The van der Waals surface area contributed by atoms with Gasteiger partial charge < -0.3 is 10.5 Å². The van der Waals surface area contributed by atoms with E-state index in [2.05, 4.69) is 129 Å². The highest BCUT2D eigenvalue weighted by atomic mass is 16.5. The molecule has 0 aromatic carbocycles. The third kappa shape index (κ3) is 15.5. The number of ketones is 1. The summed E-state index contributed by atoms with van der Waals surface area (Å²) in [6, 6.07) is 8.87. The predicted octanol–water partition coefficient (Wildman–Crippen LogP) is 8.60. The summed E-state index contributed by atoms with van der Waals surface area (Å²) in [6.45, 7) is 24.7. The Labute approximate surface area is 388 Å². The van der Waals surface area contributed by atoms with Crippen LogP contribution in [0.3, 0.4) is 0 Å². The topological polar surface area (TPSA) is 273 Å². The van der Waals surface area contributed by atoms with Crippen LogP contribution in [0, 0.1) is 121 Å². The maximum atomic E-state index is 11.5. The van der Waals surface area contributed by atoms with E-state index in [-0.39, 0.29) is 21.8 Å². The average molecular weight is 896 g/mol. The van der Waals surface area contributed by atoms with Gasteiger partial charge >= 0.3 is 5.97 Å². The van der Waals surface area contributed by atoms with Crippen LogP contribution in [0.2, 0.25) is 0 Å². The number of allylic oxidation sites excluding steroid dienone is 1. The van der Waals surface area contributed by atoms with Gasteiger partial charge in [-0.1, -0.05) is 79.7 Å². The maximum Gasteiger partial charge on any atom is 0.348 e. The lowest BCUT2D eigenvalue weighted by molar-refractivity contribution is -0.138. The summed E-state index contributed by atoms with van der Waals surface area (Å²) in [5, 5.41) is 63.8. The van der Waals surface area contributed by atoms with Gasteiger partial charge in [0, 0.05) is 25.7 Å². The summed E-state index contributed by atoms with van der Waals surface area (Å²) in [4.78, 5) is 22.1. The van der Waals surface area contributed by atoms with Crippen LogP contribution >= 0.6 is 0 Å². The second-order valence-corrected chi connectivity index (χ2v) is 21.0. The largest absolute Gasteiger partial charge is 0.462 e. The van der Waals surface area contributed by atoms with Gasteiger partial charge in [-0.3, -0.25) is 4.79 Å². The van der Waals surface area contributed by atoms with Crippen molar-refractivity contribution in [1.29, 1.82) is 21.0 Å². The first-order valence-electron chi connectivity index (χ1n) is 23.9. The first-order chi connectivity index (χ1) is 30.7. The third-order valence-corrected chi connectivity index (χ3v) is 15.5. The molecule has 0 spiro atoms. The third-order valence-electron chi connectivity index (χ3n) is 15.5. The molecule has 5 aliphatic carbocycles. The lowest BCUT2D eigenvalue weighted by atomic mass is 9.81. The number of carbonyl (C=O) groups is 2. The van der Waals surface area contributed by atoms with Crippen molar-refractivity contribution >= 4 is 11.8 Å². The van der Waals surface area contributed by atoms with Gasteiger partial charge in [-0.15, -0.1) is 20.4 Å². The molecule has 0 aliphatic heterocycles. The van der Waals surface area contributed by atoms with E-state index < -0.39 is 5.97 Å². The van der Waals surface area contributed by atoms with E-state index in [9.17, 15) is 14.9 Å². The van der Waals surface area contributed by atoms with Crippen molar-refractivity contribution < 1.29 is 14.3 Å². The number of aromatic nitrogens is 8. The van der Waals surface area contributed by atoms with Crippen LogP contribution in [0.15, 0.2) is 11.1 Å².